The Kier molecular flexibility index (Phi) is 2.03. The van der Waals surface area contributed by atoms with Crippen LogP contribution in [0, 0.1) is 20.8 Å². The molecule has 0 amide bonds. The van der Waals surface area contributed by atoms with E-state index in [-0.39, 0.29) is 16.8 Å². The van der Waals surface area contributed by atoms with Gasteiger partial charge in [-0.3, -0.25) is 4.79 Å². The summed E-state index contributed by atoms with van der Waals surface area (Å²) in [4.78, 5) is 11.9. The average Bonchev–Trinajstić information content (AvgIpc) is 2.17. The zero-order chi connectivity index (χ0) is 11.2. The quantitative estimate of drug-likeness (QED) is 0.717. The van der Waals surface area contributed by atoms with Gasteiger partial charge in [-0.2, -0.15) is 0 Å². The number of benzene rings is 1. The Hall–Kier alpha value is -1.77. The second-order valence-electron chi connectivity index (χ2n) is 3.77. The van der Waals surface area contributed by atoms with Gasteiger partial charge >= 0.3 is 0 Å². The molecule has 0 fully saturated rings. The van der Waals surface area contributed by atoms with E-state index in [2.05, 4.69) is 0 Å². The summed E-state index contributed by atoms with van der Waals surface area (Å²) in [6, 6.07) is 3.31. The molecular weight excluding hydrogens is 192 g/mol. The first-order valence-corrected chi connectivity index (χ1v) is 4.74. The largest absolute Gasteiger partial charge is 0.504 e. The molecular formula is C12H12O3. The molecule has 2 aromatic rings. The van der Waals surface area contributed by atoms with E-state index in [0.29, 0.717) is 16.7 Å². The van der Waals surface area contributed by atoms with E-state index >= 15 is 0 Å². The summed E-state index contributed by atoms with van der Waals surface area (Å²) in [6.07, 6.45) is 0. The summed E-state index contributed by atoms with van der Waals surface area (Å²) in [6.45, 7) is 5.27. The number of phenolic OH excluding ortho intramolecular Hbond substituents is 1. The van der Waals surface area contributed by atoms with Crippen LogP contribution in [0.1, 0.15) is 16.9 Å². The third kappa shape index (κ3) is 1.40. The maximum Gasteiger partial charge on any atom is 0.195 e. The number of hydrogen-bond acceptors (Lipinski definition) is 3. The zero-order valence-electron chi connectivity index (χ0n) is 8.92. The monoisotopic (exact) mass is 204 g/mol. The lowest BCUT2D eigenvalue weighted by Gasteiger charge is -2.05. The van der Waals surface area contributed by atoms with E-state index in [0.717, 1.165) is 5.56 Å². The molecule has 1 N–H and O–H groups in total. The lowest BCUT2D eigenvalue weighted by atomic mass is 10.1. The number of phenols is 1. The molecule has 1 heterocycles. The Labute approximate surface area is 87.0 Å². The minimum atomic E-state index is -0.0762. The van der Waals surface area contributed by atoms with Crippen molar-refractivity contribution < 1.29 is 9.52 Å². The highest BCUT2D eigenvalue weighted by atomic mass is 16.4. The van der Waals surface area contributed by atoms with Crippen LogP contribution in [0.4, 0.5) is 0 Å². The number of hydrogen-bond donors (Lipinski definition) is 1. The molecule has 0 spiro atoms. The van der Waals surface area contributed by atoms with Crippen LogP contribution in [0.3, 0.4) is 0 Å². The summed E-state index contributed by atoms with van der Waals surface area (Å²) < 4.78 is 5.41. The van der Waals surface area contributed by atoms with Crippen molar-refractivity contribution in [3.63, 3.8) is 0 Å². The summed E-state index contributed by atoms with van der Waals surface area (Å²) in [7, 11) is 0. The summed E-state index contributed by atoms with van der Waals surface area (Å²) in [5.74, 6) is 0.567. The van der Waals surface area contributed by atoms with Gasteiger partial charge in [0.1, 0.15) is 5.76 Å². The first kappa shape index (κ1) is 9.77. The van der Waals surface area contributed by atoms with E-state index in [1.807, 2.05) is 6.92 Å². The van der Waals surface area contributed by atoms with Crippen LogP contribution >= 0.6 is 0 Å². The minimum absolute atomic E-state index is 0.0187. The molecule has 1 aromatic carbocycles. The third-order valence-corrected chi connectivity index (χ3v) is 2.58. The molecule has 0 aliphatic carbocycles. The molecule has 0 aliphatic heterocycles. The summed E-state index contributed by atoms with van der Waals surface area (Å²) in [5.41, 5.74) is 1.63. The molecule has 0 unspecified atom stereocenters. The van der Waals surface area contributed by atoms with Crippen LogP contribution in [0.25, 0.3) is 11.0 Å². The molecule has 0 bridgehead atoms. The van der Waals surface area contributed by atoms with Crippen molar-refractivity contribution in [2.45, 2.75) is 20.8 Å². The molecule has 0 saturated carbocycles. The van der Waals surface area contributed by atoms with Crippen molar-refractivity contribution in [1.82, 2.24) is 0 Å². The first-order valence-electron chi connectivity index (χ1n) is 4.74. The third-order valence-electron chi connectivity index (χ3n) is 2.58. The molecule has 0 aliphatic rings. The van der Waals surface area contributed by atoms with Crippen molar-refractivity contribution in [3.8, 4) is 5.75 Å². The fourth-order valence-corrected chi connectivity index (χ4v) is 1.62. The molecule has 3 heteroatoms. The van der Waals surface area contributed by atoms with Gasteiger partial charge < -0.3 is 9.52 Å². The smallest absolute Gasteiger partial charge is 0.195 e. The predicted molar refractivity (Wildman–Crippen MR) is 58.4 cm³/mol. The number of fused-ring (bicyclic) bond motifs is 1. The number of aryl methyl sites for hydroxylation is 2. The number of aromatic hydroxyl groups is 1. The van der Waals surface area contributed by atoms with Gasteiger partial charge in [0.2, 0.25) is 0 Å². The van der Waals surface area contributed by atoms with Crippen molar-refractivity contribution >= 4 is 11.0 Å². The highest BCUT2D eigenvalue weighted by Crippen LogP contribution is 2.25. The SMILES string of the molecule is Cc1cc(O)c2oc(C)c(C)c(=O)c2c1. The van der Waals surface area contributed by atoms with Crippen molar-refractivity contribution in [2.24, 2.45) is 0 Å². The van der Waals surface area contributed by atoms with Crippen molar-refractivity contribution in [1.29, 1.82) is 0 Å². The minimum Gasteiger partial charge on any atom is -0.504 e. The Balaban J connectivity index is 3.06. The first-order chi connectivity index (χ1) is 7.00. The van der Waals surface area contributed by atoms with Crippen LogP contribution in [0.2, 0.25) is 0 Å². The molecule has 0 atom stereocenters. The van der Waals surface area contributed by atoms with Gasteiger partial charge in [0.05, 0.1) is 5.39 Å². The van der Waals surface area contributed by atoms with Crippen molar-refractivity contribution in [2.75, 3.05) is 0 Å². The van der Waals surface area contributed by atoms with Crippen molar-refractivity contribution in [3.05, 3.63) is 39.2 Å². The zero-order valence-corrected chi connectivity index (χ0v) is 8.92. The Morgan fingerprint density at radius 3 is 2.53 bits per heavy atom. The second-order valence-corrected chi connectivity index (χ2v) is 3.77. The highest BCUT2D eigenvalue weighted by Gasteiger charge is 2.11. The molecule has 2 rings (SSSR count). The van der Waals surface area contributed by atoms with Crippen LogP contribution in [0.5, 0.6) is 5.75 Å². The average molecular weight is 204 g/mol. The molecule has 1 aromatic heterocycles. The van der Waals surface area contributed by atoms with Crippen LogP contribution in [-0.4, -0.2) is 5.11 Å². The summed E-state index contributed by atoms with van der Waals surface area (Å²) >= 11 is 0. The van der Waals surface area contributed by atoms with Gasteiger partial charge in [-0.25, -0.2) is 0 Å². The lowest BCUT2D eigenvalue weighted by molar-refractivity contribution is 0.457. The predicted octanol–water partition coefficient (Wildman–Crippen LogP) is 2.42. The van der Waals surface area contributed by atoms with E-state index in [1.54, 1.807) is 26.0 Å². The topological polar surface area (TPSA) is 50.4 Å². The maximum atomic E-state index is 11.9. The molecule has 0 saturated heterocycles. The highest BCUT2D eigenvalue weighted by molar-refractivity contribution is 5.83. The molecule has 0 radical (unpaired) electrons. The van der Waals surface area contributed by atoms with Gasteiger partial charge in [-0.1, -0.05) is 0 Å². The van der Waals surface area contributed by atoms with Crippen LogP contribution < -0.4 is 5.43 Å². The summed E-state index contributed by atoms with van der Waals surface area (Å²) in [5, 5.41) is 10.1. The molecule has 78 valence electrons. The van der Waals surface area contributed by atoms with Gasteiger partial charge in [0.25, 0.3) is 0 Å². The van der Waals surface area contributed by atoms with E-state index in [9.17, 15) is 9.90 Å². The number of rotatable bonds is 0. The van der Waals surface area contributed by atoms with Crippen LogP contribution in [-0.2, 0) is 0 Å². The second kappa shape index (κ2) is 3.12. The Bertz CT molecular complexity index is 594. The van der Waals surface area contributed by atoms with Crippen LogP contribution in [0.15, 0.2) is 21.3 Å². The lowest BCUT2D eigenvalue weighted by Crippen LogP contribution is -2.07. The Morgan fingerprint density at radius 2 is 1.87 bits per heavy atom. The van der Waals surface area contributed by atoms with E-state index in [4.69, 9.17) is 4.42 Å². The fraction of sp³-hybridized carbons (Fsp3) is 0.250. The van der Waals surface area contributed by atoms with Gasteiger partial charge in [0.15, 0.2) is 16.8 Å². The van der Waals surface area contributed by atoms with Gasteiger partial charge in [-0.15, -0.1) is 0 Å². The maximum absolute atomic E-state index is 11.9. The van der Waals surface area contributed by atoms with Gasteiger partial charge in [0, 0.05) is 5.56 Å². The standard InChI is InChI=1S/C12H12O3/c1-6-4-9-11(14)7(2)8(3)15-12(9)10(13)5-6/h4-5,13H,1-3H3. The fourth-order valence-electron chi connectivity index (χ4n) is 1.62. The normalized spacial score (nSPS) is 10.9. The molecule has 3 nitrogen and oxygen atoms in total. The molecule has 15 heavy (non-hydrogen) atoms. The van der Waals surface area contributed by atoms with E-state index in [1.165, 1.54) is 0 Å². The van der Waals surface area contributed by atoms with Gasteiger partial charge in [-0.05, 0) is 38.5 Å². The van der Waals surface area contributed by atoms with E-state index < -0.39 is 0 Å². The Morgan fingerprint density at radius 1 is 1.20 bits per heavy atom.